The van der Waals surface area contributed by atoms with Crippen molar-refractivity contribution < 1.29 is 9.53 Å². The molecule has 0 bridgehead atoms. The minimum Gasteiger partial charge on any atom is -0.497 e. The summed E-state index contributed by atoms with van der Waals surface area (Å²) in [5.74, 6) is 1.14. The van der Waals surface area contributed by atoms with Crippen LogP contribution in [-0.4, -0.2) is 51.0 Å². The van der Waals surface area contributed by atoms with Crippen LogP contribution in [0.5, 0.6) is 5.75 Å². The molecule has 4 rings (SSSR count). The number of nitrogens with one attached hydrogen (secondary N) is 1. The van der Waals surface area contributed by atoms with Crippen molar-refractivity contribution in [3.8, 4) is 17.0 Å². The predicted octanol–water partition coefficient (Wildman–Crippen LogP) is 3.49. The maximum absolute atomic E-state index is 12.8. The zero-order chi connectivity index (χ0) is 19.7. The number of hydrogen-bond acceptors (Lipinski definition) is 4. The minimum absolute atomic E-state index is 0.0456. The maximum atomic E-state index is 12.8. The van der Waals surface area contributed by atoms with Crippen molar-refractivity contribution in [3.63, 3.8) is 0 Å². The van der Waals surface area contributed by atoms with Gasteiger partial charge in [0, 0.05) is 42.5 Å². The number of hydrogen-bond donors (Lipinski definition) is 1. The number of H-pyrrole nitrogens is 1. The lowest BCUT2D eigenvalue weighted by atomic mass is 10.0. The fourth-order valence-electron chi connectivity index (χ4n) is 3.57. The summed E-state index contributed by atoms with van der Waals surface area (Å²) in [7, 11) is 1.66. The molecule has 0 radical (unpaired) electrons. The molecule has 1 amide bonds. The smallest absolute Gasteiger partial charge is 0.257 e. The van der Waals surface area contributed by atoms with E-state index < -0.39 is 0 Å². The van der Waals surface area contributed by atoms with Crippen molar-refractivity contribution in [1.82, 2.24) is 24.9 Å². The second kappa shape index (κ2) is 7.50. The highest BCUT2D eigenvalue weighted by atomic mass is 16.5. The number of carbonyl (C=O) groups excluding carboxylic acids is 1. The monoisotopic (exact) mass is 379 g/mol. The second-order valence-corrected chi connectivity index (χ2v) is 7.48. The molecule has 7 nitrogen and oxygen atoms in total. The summed E-state index contributed by atoms with van der Waals surface area (Å²) in [4.78, 5) is 14.7. The first-order valence-electron chi connectivity index (χ1n) is 9.58. The summed E-state index contributed by atoms with van der Waals surface area (Å²) in [6.45, 7) is 5.53. The van der Waals surface area contributed by atoms with Crippen LogP contribution in [0.1, 0.15) is 48.3 Å². The quantitative estimate of drug-likeness (QED) is 0.736. The second-order valence-electron chi connectivity index (χ2n) is 7.48. The fraction of sp³-hybridized carbons (Fsp3) is 0.381. The average molecular weight is 379 g/mol. The Morgan fingerprint density at radius 1 is 1.29 bits per heavy atom. The maximum Gasteiger partial charge on any atom is 0.257 e. The number of aromatic nitrogens is 4. The molecule has 1 aliphatic heterocycles. The Labute approximate surface area is 164 Å². The zero-order valence-corrected chi connectivity index (χ0v) is 16.4. The van der Waals surface area contributed by atoms with E-state index in [0.717, 1.165) is 35.7 Å². The van der Waals surface area contributed by atoms with E-state index in [1.807, 2.05) is 53.9 Å². The number of amides is 1. The van der Waals surface area contributed by atoms with Gasteiger partial charge in [-0.1, -0.05) is 0 Å². The van der Waals surface area contributed by atoms with Crippen molar-refractivity contribution in [2.75, 3.05) is 20.2 Å². The first-order chi connectivity index (χ1) is 13.5. The molecule has 3 aromatic rings. The molecule has 7 heteroatoms. The van der Waals surface area contributed by atoms with Crippen LogP contribution < -0.4 is 4.74 Å². The van der Waals surface area contributed by atoms with Crippen molar-refractivity contribution in [1.29, 1.82) is 0 Å². The van der Waals surface area contributed by atoms with Crippen LogP contribution >= 0.6 is 0 Å². The number of methoxy groups -OCH3 is 1. The number of rotatable bonds is 5. The Morgan fingerprint density at radius 3 is 2.75 bits per heavy atom. The summed E-state index contributed by atoms with van der Waals surface area (Å²) < 4.78 is 7.02. The Kier molecular flexibility index (Phi) is 4.90. The van der Waals surface area contributed by atoms with E-state index in [1.165, 1.54) is 0 Å². The van der Waals surface area contributed by atoms with E-state index in [-0.39, 0.29) is 17.9 Å². The molecular weight excluding hydrogens is 354 g/mol. The molecule has 146 valence electrons. The van der Waals surface area contributed by atoms with E-state index >= 15 is 0 Å². The van der Waals surface area contributed by atoms with E-state index in [9.17, 15) is 4.79 Å². The van der Waals surface area contributed by atoms with Crippen molar-refractivity contribution in [2.24, 2.45) is 0 Å². The Morgan fingerprint density at radius 2 is 2.07 bits per heavy atom. The molecule has 2 aromatic heterocycles. The molecule has 0 spiro atoms. The van der Waals surface area contributed by atoms with Crippen molar-refractivity contribution >= 4 is 5.91 Å². The molecule has 1 aliphatic rings. The minimum atomic E-state index is 0.0456. The first kappa shape index (κ1) is 18.3. The summed E-state index contributed by atoms with van der Waals surface area (Å²) >= 11 is 0. The summed E-state index contributed by atoms with van der Waals surface area (Å²) in [6, 6.07) is 10.2. The van der Waals surface area contributed by atoms with Crippen LogP contribution in [0.3, 0.4) is 0 Å². The average Bonchev–Trinajstić information content (AvgIpc) is 3.47. The highest BCUT2D eigenvalue weighted by Gasteiger charge is 2.30. The van der Waals surface area contributed by atoms with Gasteiger partial charge in [-0.2, -0.15) is 10.2 Å². The molecule has 1 saturated heterocycles. The molecule has 1 fully saturated rings. The lowest BCUT2D eigenvalue weighted by Gasteiger charge is -2.15. The third-order valence-corrected chi connectivity index (χ3v) is 5.28. The number of ether oxygens (including phenoxy) is 1. The molecule has 1 aromatic carbocycles. The van der Waals surface area contributed by atoms with Crippen LogP contribution in [0.2, 0.25) is 0 Å². The molecule has 0 unspecified atom stereocenters. The molecule has 0 saturated carbocycles. The van der Waals surface area contributed by atoms with Crippen LogP contribution in [0.4, 0.5) is 0 Å². The summed E-state index contributed by atoms with van der Waals surface area (Å²) in [5, 5.41) is 11.9. The van der Waals surface area contributed by atoms with Gasteiger partial charge < -0.3 is 9.64 Å². The molecule has 1 N–H and O–H groups in total. The zero-order valence-electron chi connectivity index (χ0n) is 16.4. The highest BCUT2D eigenvalue weighted by Crippen LogP contribution is 2.30. The lowest BCUT2D eigenvalue weighted by Crippen LogP contribution is -2.28. The van der Waals surface area contributed by atoms with Gasteiger partial charge in [0.2, 0.25) is 0 Å². The van der Waals surface area contributed by atoms with Crippen LogP contribution in [-0.2, 0) is 0 Å². The molecule has 0 aliphatic carbocycles. The molecular formula is C21H25N5O2. The molecule has 3 heterocycles. The highest BCUT2D eigenvalue weighted by molar-refractivity contribution is 5.94. The topological polar surface area (TPSA) is 76.0 Å². The first-order valence-corrected chi connectivity index (χ1v) is 9.58. The Balaban J connectivity index is 1.44. The van der Waals surface area contributed by atoms with Gasteiger partial charge in [-0.3, -0.25) is 14.6 Å². The fourth-order valence-corrected chi connectivity index (χ4v) is 3.57. The van der Waals surface area contributed by atoms with E-state index in [0.29, 0.717) is 12.1 Å². The summed E-state index contributed by atoms with van der Waals surface area (Å²) in [6.07, 6.45) is 4.42. The van der Waals surface area contributed by atoms with Crippen molar-refractivity contribution in [3.05, 3.63) is 54.0 Å². The van der Waals surface area contributed by atoms with Gasteiger partial charge in [-0.05, 0) is 50.6 Å². The van der Waals surface area contributed by atoms with E-state index in [2.05, 4.69) is 21.4 Å². The number of carbonyl (C=O) groups is 1. The number of nitrogens with zero attached hydrogens (tertiary/aromatic N) is 4. The molecule has 1 atom stereocenters. The standard InChI is InChI=1S/C21H25N5O2/c1-14(2)26-13-17(11-22-26)21(27)25-9-8-16(12-25)20-10-19(23-24-20)15-4-6-18(28-3)7-5-15/h4-7,10-11,13-14,16H,8-9,12H2,1-3H3,(H,23,24)/t16-/m0/s1. The van der Waals surface area contributed by atoms with Gasteiger partial charge in [0.1, 0.15) is 5.75 Å². The van der Waals surface area contributed by atoms with Gasteiger partial charge in [0.15, 0.2) is 0 Å². The van der Waals surface area contributed by atoms with Gasteiger partial charge in [0.25, 0.3) is 5.91 Å². The van der Waals surface area contributed by atoms with E-state index in [4.69, 9.17) is 4.74 Å². The van der Waals surface area contributed by atoms with Gasteiger partial charge in [0.05, 0.1) is 24.6 Å². The SMILES string of the molecule is COc1ccc(-c2cc([C@H]3CCN(C(=O)c4cnn(C(C)C)c4)C3)[nH]n2)cc1. The van der Waals surface area contributed by atoms with Gasteiger partial charge in [-0.15, -0.1) is 0 Å². The normalized spacial score (nSPS) is 16.7. The number of likely N-dealkylation sites (tertiary alicyclic amines) is 1. The van der Waals surface area contributed by atoms with E-state index in [1.54, 1.807) is 13.3 Å². The van der Waals surface area contributed by atoms with Crippen LogP contribution in [0.15, 0.2) is 42.7 Å². The Bertz CT molecular complexity index is 957. The van der Waals surface area contributed by atoms with Gasteiger partial charge >= 0.3 is 0 Å². The number of aromatic amines is 1. The van der Waals surface area contributed by atoms with Crippen LogP contribution in [0, 0.1) is 0 Å². The third-order valence-electron chi connectivity index (χ3n) is 5.28. The lowest BCUT2D eigenvalue weighted by molar-refractivity contribution is 0.0790. The van der Waals surface area contributed by atoms with Crippen molar-refractivity contribution in [2.45, 2.75) is 32.2 Å². The predicted molar refractivity (Wildman–Crippen MR) is 106 cm³/mol. The summed E-state index contributed by atoms with van der Waals surface area (Å²) in [5.41, 5.74) is 3.66. The van der Waals surface area contributed by atoms with Gasteiger partial charge in [-0.25, -0.2) is 0 Å². The third kappa shape index (κ3) is 3.52. The largest absolute Gasteiger partial charge is 0.497 e. The Hall–Kier alpha value is -3.09. The van der Waals surface area contributed by atoms with Crippen LogP contribution in [0.25, 0.3) is 11.3 Å². The number of benzene rings is 1. The molecule has 28 heavy (non-hydrogen) atoms.